The van der Waals surface area contributed by atoms with Crippen molar-refractivity contribution in [1.29, 1.82) is 0 Å². The van der Waals surface area contributed by atoms with E-state index in [4.69, 9.17) is 9.47 Å². The second-order valence-corrected chi connectivity index (χ2v) is 7.78. The Bertz CT molecular complexity index is 1200. The van der Waals surface area contributed by atoms with Crippen LogP contribution >= 0.6 is 0 Å². The molecule has 6 heteroatoms. The Kier molecular flexibility index (Phi) is 6.45. The van der Waals surface area contributed by atoms with Crippen molar-refractivity contribution in [3.8, 4) is 11.5 Å². The molecule has 3 aromatic carbocycles. The van der Waals surface area contributed by atoms with Crippen molar-refractivity contribution in [3.05, 3.63) is 101 Å². The molecule has 0 saturated carbocycles. The van der Waals surface area contributed by atoms with E-state index in [0.717, 1.165) is 28.0 Å². The van der Waals surface area contributed by atoms with Crippen LogP contribution in [-0.2, 0) is 9.53 Å². The molecule has 2 amide bonds. The predicted molar refractivity (Wildman–Crippen MR) is 127 cm³/mol. The van der Waals surface area contributed by atoms with Crippen LogP contribution in [0.2, 0.25) is 0 Å². The van der Waals surface area contributed by atoms with Gasteiger partial charge in [0.2, 0.25) is 0 Å². The van der Waals surface area contributed by atoms with Crippen LogP contribution < -0.4 is 15.4 Å². The van der Waals surface area contributed by atoms with E-state index in [1.807, 2.05) is 86.6 Å². The number of esters is 1. The number of hydrogen-bond donors (Lipinski definition) is 2. The van der Waals surface area contributed by atoms with Gasteiger partial charge in [0.05, 0.1) is 23.9 Å². The summed E-state index contributed by atoms with van der Waals surface area (Å²) in [6, 6.07) is 21.5. The zero-order chi connectivity index (χ0) is 23.4. The molecule has 1 heterocycles. The molecule has 1 aliphatic heterocycles. The minimum atomic E-state index is -0.664. The Hall–Kier alpha value is -4.06. The first-order chi connectivity index (χ1) is 16.0. The number of hydrogen-bond acceptors (Lipinski definition) is 4. The lowest BCUT2D eigenvalue weighted by molar-refractivity contribution is -0.138. The molecule has 1 unspecified atom stereocenters. The van der Waals surface area contributed by atoms with Crippen LogP contribution in [-0.4, -0.2) is 18.6 Å². The number of carbonyl (C=O) groups is 2. The van der Waals surface area contributed by atoms with Gasteiger partial charge >= 0.3 is 12.0 Å². The molecule has 3 aromatic rings. The average molecular weight is 443 g/mol. The van der Waals surface area contributed by atoms with Crippen molar-refractivity contribution in [2.45, 2.75) is 26.8 Å². The van der Waals surface area contributed by atoms with Gasteiger partial charge in [0.1, 0.15) is 11.5 Å². The van der Waals surface area contributed by atoms with Gasteiger partial charge in [-0.1, -0.05) is 54.6 Å². The molecule has 4 rings (SSSR count). The molecule has 0 spiro atoms. The Morgan fingerprint density at radius 2 is 1.67 bits per heavy atom. The van der Waals surface area contributed by atoms with Crippen LogP contribution in [0.1, 0.15) is 35.2 Å². The fourth-order valence-electron chi connectivity index (χ4n) is 3.77. The average Bonchev–Trinajstić information content (AvgIpc) is 2.82. The lowest BCUT2D eigenvalue weighted by atomic mass is 9.92. The van der Waals surface area contributed by atoms with Gasteiger partial charge < -0.3 is 20.1 Å². The summed E-state index contributed by atoms with van der Waals surface area (Å²) in [5.74, 6) is 0.971. The first-order valence-corrected chi connectivity index (χ1v) is 10.9. The molecular weight excluding hydrogens is 416 g/mol. The molecule has 6 nitrogen and oxygen atoms in total. The van der Waals surface area contributed by atoms with E-state index >= 15 is 0 Å². The SMILES string of the molecule is CCOC(=O)C1=C(c2ccccc2)NC(=O)NC1c1ccc(Oc2cccc(C)c2C)cc1. The first kappa shape index (κ1) is 22.1. The van der Waals surface area contributed by atoms with Crippen LogP contribution in [0.15, 0.2) is 78.4 Å². The first-order valence-electron chi connectivity index (χ1n) is 10.9. The lowest BCUT2D eigenvalue weighted by Crippen LogP contribution is -2.45. The summed E-state index contributed by atoms with van der Waals surface area (Å²) in [7, 11) is 0. The van der Waals surface area contributed by atoms with E-state index in [-0.39, 0.29) is 12.6 Å². The van der Waals surface area contributed by atoms with E-state index < -0.39 is 12.0 Å². The summed E-state index contributed by atoms with van der Waals surface area (Å²) >= 11 is 0. The van der Waals surface area contributed by atoms with Gasteiger partial charge in [0.15, 0.2) is 0 Å². The van der Waals surface area contributed by atoms with Gasteiger partial charge in [0.25, 0.3) is 0 Å². The minimum absolute atomic E-state index is 0.230. The van der Waals surface area contributed by atoms with E-state index in [1.165, 1.54) is 0 Å². The Morgan fingerprint density at radius 3 is 2.36 bits per heavy atom. The van der Waals surface area contributed by atoms with Gasteiger partial charge in [-0.15, -0.1) is 0 Å². The maximum Gasteiger partial charge on any atom is 0.338 e. The van der Waals surface area contributed by atoms with E-state index in [9.17, 15) is 9.59 Å². The fourth-order valence-corrected chi connectivity index (χ4v) is 3.77. The Morgan fingerprint density at radius 1 is 0.939 bits per heavy atom. The molecule has 33 heavy (non-hydrogen) atoms. The van der Waals surface area contributed by atoms with Crippen molar-refractivity contribution in [3.63, 3.8) is 0 Å². The predicted octanol–water partition coefficient (Wildman–Crippen LogP) is 5.42. The van der Waals surface area contributed by atoms with E-state index in [1.54, 1.807) is 6.92 Å². The van der Waals surface area contributed by atoms with Gasteiger partial charge in [-0.25, -0.2) is 9.59 Å². The summed E-state index contributed by atoms with van der Waals surface area (Å²) in [6.07, 6.45) is 0. The number of rotatable bonds is 6. The van der Waals surface area contributed by atoms with Crippen LogP contribution in [0.3, 0.4) is 0 Å². The normalized spacial score (nSPS) is 15.5. The highest BCUT2D eigenvalue weighted by Crippen LogP contribution is 2.34. The summed E-state index contributed by atoms with van der Waals surface area (Å²) in [5.41, 5.74) is 4.50. The van der Waals surface area contributed by atoms with Crippen molar-refractivity contribution in [2.75, 3.05) is 6.61 Å². The third-order valence-corrected chi connectivity index (χ3v) is 5.63. The quantitative estimate of drug-likeness (QED) is 0.500. The zero-order valence-electron chi connectivity index (χ0n) is 18.8. The molecular formula is C27H26N2O4. The van der Waals surface area contributed by atoms with Crippen molar-refractivity contribution >= 4 is 17.7 Å². The van der Waals surface area contributed by atoms with Crippen LogP contribution in [0.25, 0.3) is 5.70 Å². The monoisotopic (exact) mass is 442 g/mol. The smallest absolute Gasteiger partial charge is 0.338 e. The summed E-state index contributed by atoms with van der Waals surface area (Å²) in [6.45, 7) is 6.04. The van der Waals surface area contributed by atoms with Gasteiger partial charge in [-0.3, -0.25) is 0 Å². The number of carbonyl (C=O) groups excluding carboxylic acids is 2. The molecule has 0 bridgehead atoms. The van der Waals surface area contributed by atoms with Crippen LogP contribution in [0, 0.1) is 13.8 Å². The molecule has 2 N–H and O–H groups in total. The van der Waals surface area contributed by atoms with Gasteiger partial charge in [-0.05, 0) is 61.2 Å². The van der Waals surface area contributed by atoms with Crippen molar-refractivity contribution in [1.82, 2.24) is 10.6 Å². The van der Waals surface area contributed by atoms with E-state index in [2.05, 4.69) is 10.6 Å². The number of ether oxygens (including phenoxy) is 2. The molecule has 0 saturated heterocycles. The van der Waals surface area contributed by atoms with Crippen molar-refractivity contribution < 1.29 is 19.1 Å². The molecule has 1 atom stereocenters. The second kappa shape index (κ2) is 9.61. The number of urea groups is 1. The summed E-state index contributed by atoms with van der Waals surface area (Å²) < 4.78 is 11.4. The summed E-state index contributed by atoms with van der Waals surface area (Å²) in [4.78, 5) is 25.5. The molecule has 168 valence electrons. The zero-order valence-corrected chi connectivity index (χ0v) is 18.8. The third kappa shape index (κ3) is 4.75. The molecule has 0 radical (unpaired) electrons. The minimum Gasteiger partial charge on any atom is -0.463 e. The molecule has 0 aromatic heterocycles. The van der Waals surface area contributed by atoms with E-state index in [0.29, 0.717) is 17.0 Å². The lowest BCUT2D eigenvalue weighted by Gasteiger charge is -2.29. The van der Waals surface area contributed by atoms with Gasteiger partial charge in [-0.2, -0.15) is 0 Å². The highest BCUT2D eigenvalue weighted by molar-refractivity contribution is 6.04. The third-order valence-electron chi connectivity index (χ3n) is 5.63. The van der Waals surface area contributed by atoms with Crippen LogP contribution in [0.5, 0.6) is 11.5 Å². The summed E-state index contributed by atoms with van der Waals surface area (Å²) in [5, 5.41) is 5.64. The standard InChI is InChI=1S/C27H26N2O4/c1-4-32-26(30)23-24(19-10-6-5-7-11-19)28-27(31)29-25(23)20-13-15-21(16-14-20)33-22-12-8-9-17(2)18(22)3/h5-16,25H,4H2,1-3H3,(H2,28,29,31). The highest BCUT2D eigenvalue weighted by atomic mass is 16.5. The molecule has 1 aliphatic rings. The van der Waals surface area contributed by atoms with Crippen molar-refractivity contribution in [2.24, 2.45) is 0 Å². The molecule has 0 fully saturated rings. The topological polar surface area (TPSA) is 76.7 Å². The number of nitrogens with one attached hydrogen (secondary N) is 2. The number of benzene rings is 3. The maximum atomic E-state index is 13.0. The Labute approximate surface area is 193 Å². The Balaban J connectivity index is 1.70. The fraction of sp³-hybridized carbons (Fsp3) is 0.185. The maximum absolute atomic E-state index is 13.0. The molecule has 0 aliphatic carbocycles. The number of aryl methyl sites for hydroxylation is 1. The second-order valence-electron chi connectivity index (χ2n) is 7.78. The highest BCUT2D eigenvalue weighted by Gasteiger charge is 2.34. The van der Waals surface area contributed by atoms with Crippen LogP contribution in [0.4, 0.5) is 4.79 Å². The number of amides is 2. The van der Waals surface area contributed by atoms with Gasteiger partial charge in [0, 0.05) is 0 Å². The largest absolute Gasteiger partial charge is 0.463 e.